The van der Waals surface area contributed by atoms with Crippen molar-refractivity contribution in [3.8, 4) is 0 Å². The Morgan fingerprint density at radius 3 is 2.95 bits per heavy atom. The van der Waals surface area contributed by atoms with Crippen LogP contribution in [0.5, 0.6) is 0 Å². The summed E-state index contributed by atoms with van der Waals surface area (Å²) in [4.78, 5) is 15.9. The summed E-state index contributed by atoms with van der Waals surface area (Å²) in [5.74, 6) is 0. The van der Waals surface area contributed by atoms with Crippen molar-refractivity contribution in [1.82, 2.24) is 15.6 Å². The molecule has 7 heteroatoms. The number of carbonyl (C=O) groups excluding carboxylic acids is 1. The number of thiazole rings is 1. The number of aromatic nitrogens is 1. The third kappa shape index (κ3) is 5.00. The molecule has 1 aromatic carbocycles. The predicted molar refractivity (Wildman–Crippen MR) is 83.5 cm³/mol. The molecule has 0 unspecified atom stereocenters. The smallest absolute Gasteiger partial charge is 0.315 e. The zero-order valence-electron chi connectivity index (χ0n) is 11.5. The third-order valence-electron chi connectivity index (χ3n) is 2.79. The van der Waals surface area contributed by atoms with Gasteiger partial charge in [0.1, 0.15) is 0 Å². The van der Waals surface area contributed by atoms with Crippen LogP contribution in [-0.2, 0) is 6.54 Å². The van der Waals surface area contributed by atoms with E-state index >= 15 is 0 Å². The number of nitrogens with one attached hydrogen (secondary N) is 2. The Hall–Kier alpha value is -1.63. The van der Waals surface area contributed by atoms with E-state index < -0.39 is 6.10 Å². The SMILES string of the molecule is Cc1nc(CNC(=O)NC[C@H](O)c2cccc(Cl)c2)cs1. The van der Waals surface area contributed by atoms with E-state index in [4.69, 9.17) is 11.6 Å². The Balaban J connectivity index is 1.75. The van der Waals surface area contributed by atoms with Gasteiger partial charge in [0, 0.05) is 16.9 Å². The molecule has 1 aromatic heterocycles. The Morgan fingerprint density at radius 1 is 1.48 bits per heavy atom. The van der Waals surface area contributed by atoms with Crippen LogP contribution in [0.4, 0.5) is 4.79 Å². The van der Waals surface area contributed by atoms with Gasteiger partial charge in [0.05, 0.1) is 23.4 Å². The summed E-state index contributed by atoms with van der Waals surface area (Å²) in [6.07, 6.45) is -0.795. The van der Waals surface area contributed by atoms with E-state index in [1.807, 2.05) is 12.3 Å². The van der Waals surface area contributed by atoms with Crippen molar-refractivity contribution in [2.24, 2.45) is 0 Å². The summed E-state index contributed by atoms with van der Waals surface area (Å²) in [5.41, 5.74) is 1.49. The first kappa shape index (κ1) is 15.8. The highest BCUT2D eigenvalue weighted by Gasteiger charge is 2.10. The Kier molecular flexibility index (Phi) is 5.55. The molecule has 1 heterocycles. The van der Waals surface area contributed by atoms with E-state index in [9.17, 15) is 9.90 Å². The monoisotopic (exact) mass is 325 g/mol. The molecule has 0 aliphatic carbocycles. The minimum atomic E-state index is -0.795. The van der Waals surface area contributed by atoms with Gasteiger partial charge < -0.3 is 15.7 Å². The molecule has 112 valence electrons. The number of carbonyl (C=O) groups is 1. The summed E-state index contributed by atoms with van der Waals surface area (Å²) in [6.45, 7) is 2.39. The summed E-state index contributed by atoms with van der Waals surface area (Å²) in [5, 5.41) is 18.7. The standard InChI is InChI=1S/C14H16ClN3O2S/c1-9-18-12(8-21-9)6-16-14(20)17-7-13(19)10-3-2-4-11(15)5-10/h2-5,8,13,19H,6-7H2,1H3,(H2,16,17,20)/t13-/m0/s1. The highest BCUT2D eigenvalue weighted by molar-refractivity contribution is 7.09. The Bertz CT molecular complexity index is 618. The molecule has 0 spiro atoms. The molecule has 0 saturated carbocycles. The first-order valence-corrected chi connectivity index (χ1v) is 7.66. The van der Waals surface area contributed by atoms with E-state index in [2.05, 4.69) is 15.6 Å². The number of amides is 2. The van der Waals surface area contributed by atoms with Crippen molar-refractivity contribution in [3.05, 3.63) is 50.9 Å². The van der Waals surface area contributed by atoms with Crippen LogP contribution >= 0.6 is 22.9 Å². The number of benzene rings is 1. The van der Waals surface area contributed by atoms with Gasteiger partial charge in [-0.1, -0.05) is 23.7 Å². The van der Waals surface area contributed by atoms with Gasteiger partial charge in [-0.05, 0) is 24.6 Å². The molecule has 0 aliphatic heterocycles. The number of hydrogen-bond acceptors (Lipinski definition) is 4. The molecule has 5 nitrogen and oxygen atoms in total. The molecule has 2 rings (SSSR count). The van der Waals surface area contributed by atoms with Gasteiger partial charge in [-0.2, -0.15) is 0 Å². The van der Waals surface area contributed by atoms with Crippen LogP contribution in [0.15, 0.2) is 29.6 Å². The second kappa shape index (κ2) is 7.40. The predicted octanol–water partition coefficient (Wildman–Crippen LogP) is 2.64. The summed E-state index contributed by atoms with van der Waals surface area (Å²) in [6, 6.07) is 6.57. The van der Waals surface area contributed by atoms with Gasteiger partial charge in [-0.3, -0.25) is 0 Å². The van der Waals surface area contributed by atoms with Crippen LogP contribution < -0.4 is 10.6 Å². The largest absolute Gasteiger partial charge is 0.387 e. The maximum absolute atomic E-state index is 11.6. The lowest BCUT2D eigenvalue weighted by Crippen LogP contribution is -2.37. The van der Waals surface area contributed by atoms with Crippen molar-refractivity contribution in [1.29, 1.82) is 0 Å². The average molecular weight is 326 g/mol. The molecular weight excluding hydrogens is 310 g/mol. The van der Waals surface area contributed by atoms with Crippen molar-refractivity contribution >= 4 is 29.0 Å². The normalized spacial score (nSPS) is 12.0. The lowest BCUT2D eigenvalue weighted by Gasteiger charge is -2.13. The molecule has 0 fully saturated rings. The number of nitrogens with zero attached hydrogens (tertiary/aromatic N) is 1. The molecule has 0 saturated heterocycles. The van der Waals surface area contributed by atoms with Crippen molar-refractivity contribution in [2.45, 2.75) is 19.6 Å². The summed E-state index contributed by atoms with van der Waals surface area (Å²) in [7, 11) is 0. The van der Waals surface area contributed by atoms with E-state index in [1.54, 1.807) is 24.3 Å². The first-order chi connectivity index (χ1) is 10.0. The number of aryl methyl sites for hydroxylation is 1. The van der Waals surface area contributed by atoms with Crippen LogP contribution in [0.25, 0.3) is 0 Å². The zero-order chi connectivity index (χ0) is 15.2. The lowest BCUT2D eigenvalue weighted by molar-refractivity contribution is 0.173. The van der Waals surface area contributed by atoms with Gasteiger partial charge in [0.15, 0.2) is 0 Å². The highest BCUT2D eigenvalue weighted by Crippen LogP contribution is 2.16. The number of halogens is 1. The molecule has 0 aliphatic rings. The van der Waals surface area contributed by atoms with Gasteiger partial charge in [0.25, 0.3) is 0 Å². The molecule has 0 radical (unpaired) electrons. The van der Waals surface area contributed by atoms with E-state index in [0.29, 0.717) is 17.1 Å². The molecule has 2 amide bonds. The first-order valence-electron chi connectivity index (χ1n) is 6.41. The summed E-state index contributed by atoms with van der Waals surface area (Å²) >= 11 is 7.39. The quantitative estimate of drug-likeness (QED) is 0.791. The van der Waals surface area contributed by atoms with E-state index in [-0.39, 0.29) is 12.6 Å². The minimum absolute atomic E-state index is 0.113. The second-order valence-electron chi connectivity index (χ2n) is 4.49. The Labute approximate surface area is 132 Å². The number of hydrogen-bond donors (Lipinski definition) is 3. The van der Waals surface area contributed by atoms with Crippen LogP contribution in [0.3, 0.4) is 0 Å². The van der Waals surface area contributed by atoms with E-state index in [0.717, 1.165) is 10.7 Å². The van der Waals surface area contributed by atoms with Crippen molar-refractivity contribution in [2.75, 3.05) is 6.54 Å². The van der Waals surface area contributed by atoms with Gasteiger partial charge in [0.2, 0.25) is 0 Å². The molecule has 2 aromatic rings. The fraction of sp³-hybridized carbons (Fsp3) is 0.286. The maximum Gasteiger partial charge on any atom is 0.315 e. The number of urea groups is 1. The van der Waals surface area contributed by atoms with Crippen LogP contribution in [-0.4, -0.2) is 22.7 Å². The van der Waals surface area contributed by atoms with Gasteiger partial charge in [-0.15, -0.1) is 11.3 Å². The number of aliphatic hydroxyl groups excluding tert-OH is 1. The topological polar surface area (TPSA) is 74.2 Å². The number of rotatable bonds is 5. The van der Waals surface area contributed by atoms with Crippen LogP contribution in [0.2, 0.25) is 5.02 Å². The number of aliphatic hydroxyl groups is 1. The molecule has 3 N–H and O–H groups in total. The van der Waals surface area contributed by atoms with Gasteiger partial charge >= 0.3 is 6.03 Å². The van der Waals surface area contributed by atoms with Crippen molar-refractivity contribution < 1.29 is 9.90 Å². The third-order valence-corrected chi connectivity index (χ3v) is 3.84. The van der Waals surface area contributed by atoms with Crippen LogP contribution in [0.1, 0.15) is 22.4 Å². The molecule has 1 atom stereocenters. The fourth-order valence-corrected chi connectivity index (χ4v) is 2.56. The molecule has 21 heavy (non-hydrogen) atoms. The zero-order valence-corrected chi connectivity index (χ0v) is 13.0. The average Bonchev–Trinajstić information content (AvgIpc) is 2.88. The maximum atomic E-state index is 11.6. The van der Waals surface area contributed by atoms with Gasteiger partial charge in [-0.25, -0.2) is 9.78 Å². The molecular formula is C14H16ClN3O2S. The van der Waals surface area contributed by atoms with Crippen molar-refractivity contribution in [3.63, 3.8) is 0 Å². The minimum Gasteiger partial charge on any atom is -0.387 e. The highest BCUT2D eigenvalue weighted by atomic mass is 35.5. The second-order valence-corrected chi connectivity index (χ2v) is 5.99. The fourth-order valence-electron chi connectivity index (χ4n) is 1.74. The van der Waals surface area contributed by atoms with E-state index in [1.165, 1.54) is 11.3 Å². The van der Waals surface area contributed by atoms with Crippen LogP contribution in [0, 0.1) is 6.92 Å². The lowest BCUT2D eigenvalue weighted by atomic mass is 10.1. The Morgan fingerprint density at radius 2 is 2.29 bits per heavy atom. The summed E-state index contributed by atoms with van der Waals surface area (Å²) < 4.78 is 0. The molecule has 0 bridgehead atoms.